The molecule has 5 nitrogen and oxygen atoms in total. The summed E-state index contributed by atoms with van der Waals surface area (Å²) in [6, 6.07) is 13.4. The Bertz CT molecular complexity index is 793. The number of H-pyrrole nitrogens is 1. The van der Waals surface area contributed by atoms with Crippen molar-refractivity contribution in [2.24, 2.45) is 5.73 Å². The summed E-state index contributed by atoms with van der Waals surface area (Å²) < 4.78 is 0. The van der Waals surface area contributed by atoms with Gasteiger partial charge in [-0.25, -0.2) is 0 Å². The molecule has 1 aromatic carbocycles. The fourth-order valence-corrected chi connectivity index (χ4v) is 2.32. The average molecular weight is 278 g/mol. The number of primary amides is 1. The number of amides is 1. The Kier molecular flexibility index (Phi) is 3.23. The number of benzene rings is 1. The highest BCUT2D eigenvalue weighted by molar-refractivity contribution is 5.93. The molecule has 0 aliphatic rings. The van der Waals surface area contributed by atoms with E-state index in [2.05, 4.69) is 15.2 Å². The van der Waals surface area contributed by atoms with E-state index in [9.17, 15) is 4.79 Å². The van der Waals surface area contributed by atoms with Crippen molar-refractivity contribution in [2.75, 3.05) is 0 Å². The maximum atomic E-state index is 11.3. The van der Waals surface area contributed by atoms with Crippen LogP contribution in [0.15, 0.2) is 48.7 Å². The van der Waals surface area contributed by atoms with E-state index in [4.69, 9.17) is 5.73 Å². The lowest BCUT2D eigenvalue weighted by atomic mass is 9.99. The fourth-order valence-electron chi connectivity index (χ4n) is 2.32. The Morgan fingerprint density at radius 1 is 1.14 bits per heavy atom. The Labute approximate surface area is 121 Å². The molecule has 0 radical (unpaired) electrons. The predicted molar refractivity (Wildman–Crippen MR) is 80.5 cm³/mol. The van der Waals surface area contributed by atoms with Crippen molar-refractivity contribution in [3.63, 3.8) is 0 Å². The van der Waals surface area contributed by atoms with Crippen molar-refractivity contribution in [1.29, 1.82) is 0 Å². The van der Waals surface area contributed by atoms with Gasteiger partial charge in [-0.3, -0.25) is 14.9 Å². The monoisotopic (exact) mass is 278 g/mol. The van der Waals surface area contributed by atoms with Crippen LogP contribution in [0.4, 0.5) is 0 Å². The molecule has 1 amide bonds. The van der Waals surface area contributed by atoms with Gasteiger partial charge in [0.05, 0.1) is 11.4 Å². The standard InChI is InChI=1S/C16H14N4O/c1-10-14(12-7-8-18-13(9-12)16(17)21)15(20-19-10)11-5-3-2-4-6-11/h2-9H,1H3,(H2,17,21)(H,19,20). The number of aromatic amines is 1. The molecular formula is C16H14N4O. The lowest BCUT2D eigenvalue weighted by Crippen LogP contribution is -2.12. The van der Waals surface area contributed by atoms with Gasteiger partial charge in [-0.1, -0.05) is 30.3 Å². The number of nitrogens with two attached hydrogens (primary N) is 1. The van der Waals surface area contributed by atoms with Gasteiger partial charge in [-0.2, -0.15) is 5.10 Å². The van der Waals surface area contributed by atoms with Gasteiger partial charge in [0.25, 0.3) is 5.91 Å². The first-order valence-corrected chi connectivity index (χ1v) is 6.53. The summed E-state index contributed by atoms with van der Waals surface area (Å²) >= 11 is 0. The quantitative estimate of drug-likeness (QED) is 0.772. The molecule has 3 rings (SSSR count). The zero-order valence-corrected chi connectivity index (χ0v) is 11.5. The first-order valence-electron chi connectivity index (χ1n) is 6.53. The van der Waals surface area contributed by atoms with Crippen molar-refractivity contribution < 1.29 is 4.79 Å². The Morgan fingerprint density at radius 3 is 2.62 bits per heavy atom. The van der Waals surface area contributed by atoms with E-state index in [0.717, 1.165) is 28.1 Å². The minimum absolute atomic E-state index is 0.243. The van der Waals surface area contributed by atoms with Crippen molar-refractivity contribution in [2.45, 2.75) is 6.92 Å². The minimum Gasteiger partial charge on any atom is -0.364 e. The summed E-state index contributed by atoms with van der Waals surface area (Å²) in [6.45, 7) is 1.92. The highest BCUT2D eigenvalue weighted by Gasteiger charge is 2.15. The van der Waals surface area contributed by atoms with Gasteiger partial charge in [0, 0.05) is 17.3 Å². The second-order valence-corrected chi connectivity index (χ2v) is 4.72. The molecule has 0 aliphatic heterocycles. The van der Waals surface area contributed by atoms with Crippen LogP contribution in [0.25, 0.3) is 22.4 Å². The molecule has 21 heavy (non-hydrogen) atoms. The van der Waals surface area contributed by atoms with Crippen LogP contribution in [0, 0.1) is 6.92 Å². The number of pyridine rings is 1. The van der Waals surface area contributed by atoms with E-state index < -0.39 is 5.91 Å². The van der Waals surface area contributed by atoms with Crippen molar-refractivity contribution in [3.05, 3.63) is 60.0 Å². The minimum atomic E-state index is -0.542. The summed E-state index contributed by atoms with van der Waals surface area (Å²) in [5, 5.41) is 7.33. The first-order chi connectivity index (χ1) is 10.2. The van der Waals surface area contributed by atoms with Crippen LogP contribution in [-0.2, 0) is 0 Å². The first kappa shape index (κ1) is 13.1. The molecule has 0 aliphatic carbocycles. The molecular weight excluding hydrogens is 264 g/mol. The van der Waals surface area contributed by atoms with Crippen molar-refractivity contribution >= 4 is 5.91 Å². The normalized spacial score (nSPS) is 10.5. The maximum Gasteiger partial charge on any atom is 0.267 e. The Morgan fingerprint density at radius 2 is 1.90 bits per heavy atom. The summed E-state index contributed by atoms with van der Waals surface area (Å²) in [5.41, 5.74) is 10.2. The third-order valence-corrected chi connectivity index (χ3v) is 3.31. The molecule has 0 saturated carbocycles. The molecule has 2 heterocycles. The highest BCUT2D eigenvalue weighted by Crippen LogP contribution is 2.32. The SMILES string of the molecule is Cc1n[nH]c(-c2ccccc2)c1-c1ccnc(C(N)=O)c1. The van der Waals surface area contributed by atoms with Gasteiger partial charge in [0.2, 0.25) is 0 Å². The third-order valence-electron chi connectivity index (χ3n) is 3.31. The molecule has 0 saturated heterocycles. The maximum absolute atomic E-state index is 11.3. The van der Waals surface area contributed by atoms with Crippen LogP contribution in [0.1, 0.15) is 16.2 Å². The number of nitrogens with one attached hydrogen (secondary N) is 1. The van der Waals surface area contributed by atoms with Crippen molar-refractivity contribution in [3.8, 4) is 22.4 Å². The topological polar surface area (TPSA) is 84.7 Å². The lowest BCUT2D eigenvalue weighted by molar-refractivity contribution is 0.0995. The third kappa shape index (κ3) is 2.41. The summed E-state index contributed by atoms with van der Waals surface area (Å²) in [6.07, 6.45) is 1.58. The molecule has 0 fully saturated rings. The number of hydrogen-bond donors (Lipinski definition) is 2. The molecule has 5 heteroatoms. The number of aryl methyl sites for hydroxylation is 1. The van der Waals surface area contributed by atoms with E-state index in [0.29, 0.717) is 0 Å². The highest BCUT2D eigenvalue weighted by atomic mass is 16.1. The number of hydrogen-bond acceptors (Lipinski definition) is 3. The molecule has 0 spiro atoms. The number of carbonyl (C=O) groups is 1. The van der Waals surface area contributed by atoms with Gasteiger partial charge in [0.15, 0.2) is 0 Å². The predicted octanol–water partition coefficient (Wildman–Crippen LogP) is 2.55. The second-order valence-electron chi connectivity index (χ2n) is 4.72. The van der Waals surface area contributed by atoms with Gasteiger partial charge in [-0.05, 0) is 24.6 Å². The van der Waals surface area contributed by atoms with Crippen LogP contribution in [-0.4, -0.2) is 21.1 Å². The number of nitrogens with zero attached hydrogens (tertiary/aromatic N) is 2. The van der Waals surface area contributed by atoms with Crippen LogP contribution < -0.4 is 5.73 Å². The van der Waals surface area contributed by atoms with Gasteiger partial charge in [0.1, 0.15) is 5.69 Å². The van der Waals surface area contributed by atoms with Crippen LogP contribution in [0.5, 0.6) is 0 Å². The number of carbonyl (C=O) groups excluding carboxylic acids is 1. The van der Waals surface area contributed by atoms with E-state index in [1.54, 1.807) is 12.3 Å². The van der Waals surface area contributed by atoms with Crippen molar-refractivity contribution in [1.82, 2.24) is 15.2 Å². The number of aromatic nitrogens is 3. The molecule has 2 aromatic heterocycles. The number of rotatable bonds is 3. The van der Waals surface area contributed by atoms with Crippen LogP contribution in [0.3, 0.4) is 0 Å². The van der Waals surface area contributed by atoms with E-state index in [1.165, 1.54) is 0 Å². The molecule has 0 unspecified atom stereocenters. The smallest absolute Gasteiger partial charge is 0.267 e. The Balaban J connectivity index is 2.17. The largest absolute Gasteiger partial charge is 0.364 e. The van der Waals surface area contributed by atoms with Crippen LogP contribution in [0.2, 0.25) is 0 Å². The summed E-state index contributed by atoms with van der Waals surface area (Å²) in [5.74, 6) is -0.542. The van der Waals surface area contributed by atoms with Gasteiger partial charge >= 0.3 is 0 Å². The second kappa shape index (κ2) is 5.20. The molecule has 0 atom stereocenters. The van der Waals surface area contributed by atoms with E-state index in [1.807, 2.05) is 43.3 Å². The van der Waals surface area contributed by atoms with E-state index in [-0.39, 0.29) is 5.69 Å². The molecule has 3 N–H and O–H groups in total. The van der Waals surface area contributed by atoms with E-state index >= 15 is 0 Å². The van der Waals surface area contributed by atoms with Crippen LogP contribution >= 0.6 is 0 Å². The summed E-state index contributed by atoms with van der Waals surface area (Å²) in [7, 11) is 0. The average Bonchev–Trinajstić information content (AvgIpc) is 2.90. The zero-order valence-electron chi connectivity index (χ0n) is 11.5. The fraction of sp³-hybridized carbons (Fsp3) is 0.0625. The zero-order chi connectivity index (χ0) is 14.8. The Hall–Kier alpha value is -2.95. The van der Waals surface area contributed by atoms with Gasteiger partial charge < -0.3 is 5.73 Å². The summed E-state index contributed by atoms with van der Waals surface area (Å²) in [4.78, 5) is 15.3. The lowest BCUT2D eigenvalue weighted by Gasteiger charge is -2.06. The van der Waals surface area contributed by atoms with Gasteiger partial charge in [-0.15, -0.1) is 0 Å². The molecule has 104 valence electrons. The molecule has 3 aromatic rings. The molecule has 0 bridgehead atoms.